The lowest BCUT2D eigenvalue weighted by Gasteiger charge is -2.06. The number of methoxy groups -OCH3 is 1. The van der Waals surface area contributed by atoms with Gasteiger partial charge in [-0.1, -0.05) is 12.1 Å². The number of benzene rings is 1. The van der Waals surface area contributed by atoms with Gasteiger partial charge in [-0.2, -0.15) is 0 Å². The van der Waals surface area contributed by atoms with Crippen LogP contribution in [0.1, 0.15) is 16.8 Å². The van der Waals surface area contributed by atoms with E-state index < -0.39 is 5.97 Å². The monoisotopic (exact) mass is 270 g/mol. The molecule has 1 aromatic rings. The second-order valence-corrected chi connectivity index (χ2v) is 4.75. The van der Waals surface area contributed by atoms with Gasteiger partial charge in [0.25, 0.3) is 0 Å². The smallest absolute Gasteiger partial charge is 0.336 e. The maximum absolute atomic E-state index is 11.0. The van der Waals surface area contributed by atoms with Gasteiger partial charge in [0, 0.05) is 31.0 Å². The van der Waals surface area contributed by atoms with Crippen LogP contribution in [-0.2, 0) is 9.47 Å². The third-order valence-electron chi connectivity index (χ3n) is 2.24. The summed E-state index contributed by atoms with van der Waals surface area (Å²) in [6, 6.07) is 7.01. The number of carbonyl (C=O) groups is 1. The maximum Gasteiger partial charge on any atom is 0.336 e. The van der Waals surface area contributed by atoms with Crippen LogP contribution in [0.4, 0.5) is 0 Å². The number of aromatic carboxylic acids is 1. The molecule has 1 aromatic carbocycles. The molecule has 0 heterocycles. The molecule has 0 aromatic heterocycles. The minimum atomic E-state index is -0.890. The van der Waals surface area contributed by atoms with Gasteiger partial charge in [0.2, 0.25) is 0 Å². The fourth-order valence-corrected chi connectivity index (χ4v) is 2.29. The molecule has 0 saturated carbocycles. The van der Waals surface area contributed by atoms with Crippen molar-refractivity contribution in [2.45, 2.75) is 11.3 Å². The van der Waals surface area contributed by atoms with Crippen LogP contribution in [0.3, 0.4) is 0 Å². The van der Waals surface area contributed by atoms with E-state index in [1.165, 1.54) is 11.8 Å². The maximum atomic E-state index is 11.0. The molecule has 0 aliphatic carbocycles. The van der Waals surface area contributed by atoms with Crippen LogP contribution in [0.5, 0.6) is 0 Å². The molecule has 100 valence electrons. The Morgan fingerprint density at radius 1 is 1.28 bits per heavy atom. The van der Waals surface area contributed by atoms with E-state index in [1.54, 1.807) is 19.2 Å². The van der Waals surface area contributed by atoms with Gasteiger partial charge in [-0.3, -0.25) is 0 Å². The van der Waals surface area contributed by atoms with Crippen LogP contribution in [0.15, 0.2) is 29.2 Å². The normalized spacial score (nSPS) is 10.5. The van der Waals surface area contributed by atoms with Crippen molar-refractivity contribution >= 4 is 17.7 Å². The quantitative estimate of drug-likeness (QED) is 0.552. The molecule has 4 nitrogen and oxygen atoms in total. The summed E-state index contributed by atoms with van der Waals surface area (Å²) in [4.78, 5) is 11.8. The Morgan fingerprint density at radius 2 is 2.06 bits per heavy atom. The highest BCUT2D eigenvalue weighted by molar-refractivity contribution is 7.99. The Morgan fingerprint density at radius 3 is 2.78 bits per heavy atom. The molecule has 0 saturated heterocycles. The zero-order valence-electron chi connectivity index (χ0n) is 10.4. The molecule has 0 fully saturated rings. The van der Waals surface area contributed by atoms with Crippen molar-refractivity contribution < 1.29 is 19.4 Å². The number of ether oxygens (including phenoxy) is 2. The molecule has 18 heavy (non-hydrogen) atoms. The molecular formula is C13H18O4S. The summed E-state index contributed by atoms with van der Waals surface area (Å²) in [7, 11) is 1.67. The lowest BCUT2D eigenvalue weighted by molar-refractivity contribution is 0.0693. The highest BCUT2D eigenvalue weighted by Gasteiger charge is 2.08. The number of hydrogen-bond donors (Lipinski definition) is 1. The predicted octanol–water partition coefficient (Wildman–Crippen LogP) is 2.53. The van der Waals surface area contributed by atoms with Gasteiger partial charge in [0.1, 0.15) is 0 Å². The topological polar surface area (TPSA) is 55.8 Å². The van der Waals surface area contributed by atoms with Crippen LogP contribution in [-0.4, -0.2) is 43.8 Å². The van der Waals surface area contributed by atoms with E-state index in [-0.39, 0.29) is 0 Å². The molecule has 1 rings (SSSR count). The van der Waals surface area contributed by atoms with Crippen LogP contribution in [0.2, 0.25) is 0 Å². The molecule has 0 spiro atoms. The van der Waals surface area contributed by atoms with Gasteiger partial charge in [0.15, 0.2) is 0 Å². The number of carboxylic acid groups (broad SMARTS) is 1. The molecule has 0 atom stereocenters. The molecular weight excluding hydrogens is 252 g/mol. The van der Waals surface area contributed by atoms with Crippen LogP contribution in [0.25, 0.3) is 0 Å². The van der Waals surface area contributed by atoms with Gasteiger partial charge in [-0.25, -0.2) is 4.79 Å². The summed E-state index contributed by atoms with van der Waals surface area (Å²) in [5.74, 6) is -0.142. The third-order valence-corrected chi connectivity index (χ3v) is 3.28. The Balaban J connectivity index is 2.25. The highest BCUT2D eigenvalue weighted by Crippen LogP contribution is 2.22. The van der Waals surface area contributed by atoms with Gasteiger partial charge in [-0.15, -0.1) is 11.8 Å². The van der Waals surface area contributed by atoms with Crippen molar-refractivity contribution in [3.63, 3.8) is 0 Å². The van der Waals surface area contributed by atoms with E-state index >= 15 is 0 Å². The van der Waals surface area contributed by atoms with Crippen molar-refractivity contribution in [3.05, 3.63) is 29.8 Å². The summed E-state index contributed by atoms with van der Waals surface area (Å²) in [5.41, 5.74) is 0.349. The van der Waals surface area contributed by atoms with Gasteiger partial charge in [-0.05, 0) is 18.6 Å². The lowest BCUT2D eigenvalue weighted by Crippen LogP contribution is -2.03. The summed E-state index contributed by atoms with van der Waals surface area (Å²) in [6.07, 6.45) is 0.882. The van der Waals surface area contributed by atoms with Crippen molar-refractivity contribution in [1.82, 2.24) is 0 Å². The Bertz CT molecular complexity index is 368. The first kappa shape index (κ1) is 15.0. The van der Waals surface area contributed by atoms with Gasteiger partial charge >= 0.3 is 5.97 Å². The predicted molar refractivity (Wildman–Crippen MR) is 71.4 cm³/mol. The highest BCUT2D eigenvalue weighted by atomic mass is 32.2. The lowest BCUT2D eigenvalue weighted by atomic mass is 10.2. The molecule has 0 radical (unpaired) electrons. The summed E-state index contributed by atoms with van der Waals surface area (Å²) in [5, 5.41) is 9.01. The molecule has 0 bridgehead atoms. The van der Waals surface area contributed by atoms with Gasteiger partial charge in [0.05, 0.1) is 12.2 Å². The number of rotatable bonds is 9. The number of thioether (sulfide) groups is 1. The molecule has 0 amide bonds. The standard InChI is InChI=1S/C13H18O4S/c1-16-7-4-8-17-9-10-18-12-6-3-2-5-11(12)13(14)15/h2-3,5-6H,4,7-10H2,1H3,(H,14,15). The SMILES string of the molecule is COCCCOCCSc1ccccc1C(=O)O. The second kappa shape index (κ2) is 8.97. The van der Waals surface area contributed by atoms with Crippen LogP contribution in [0, 0.1) is 0 Å². The van der Waals surface area contributed by atoms with Crippen molar-refractivity contribution in [2.24, 2.45) is 0 Å². The van der Waals surface area contributed by atoms with Crippen molar-refractivity contribution in [2.75, 3.05) is 32.7 Å². The van der Waals surface area contributed by atoms with Crippen molar-refractivity contribution in [3.8, 4) is 0 Å². The van der Waals surface area contributed by atoms with E-state index in [0.717, 1.165) is 17.1 Å². The Kier molecular flexibility index (Phi) is 7.48. The van der Waals surface area contributed by atoms with E-state index in [0.29, 0.717) is 25.4 Å². The zero-order chi connectivity index (χ0) is 13.2. The molecule has 1 N–H and O–H groups in total. The summed E-state index contributed by atoms with van der Waals surface area (Å²) >= 11 is 1.50. The fourth-order valence-electron chi connectivity index (χ4n) is 1.39. The first-order valence-corrected chi connectivity index (χ1v) is 6.76. The van der Waals surface area contributed by atoms with Gasteiger partial charge < -0.3 is 14.6 Å². The molecule has 0 aliphatic heterocycles. The molecule has 0 aliphatic rings. The van der Waals surface area contributed by atoms with E-state index in [2.05, 4.69) is 0 Å². The molecule has 5 heteroatoms. The number of carboxylic acids is 1. The summed E-state index contributed by atoms with van der Waals surface area (Å²) < 4.78 is 10.3. The largest absolute Gasteiger partial charge is 0.478 e. The molecule has 0 unspecified atom stereocenters. The zero-order valence-corrected chi connectivity index (χ0v) is 11.2. The van der Waals surface area contributed by atoms with Crippen LogP contribution >= 0.6 is 11.8 Å². The van der Waals surface area contributed by atoms with E-state index in [4.69, 9.17) is 14.6 Å². The first-order chi connectivity index (χ1) is 8.75. The van der Waals surface area contributed by atoms with Crippen molar-refractivity contribution in [1.29, 1.82) is 0 Å². The third kappa shape index (κ3) is 5.53. The second-order valence-electron chi connectivity index (χ2n) is 3.61. The van der Waals surface area contributed by atoms with Crippen LogP contribution < -0.4 is 0 Å². The Labute approximate surface area is 111 Å². The first-order valence-electron chi connectivity index (χ1n) is 5.77. The Hall–Kier alpha value is -1.04. The minimum absolute atomic E-state index is 0.349. The average molecular weight is 270 g/mol. The summed E-state index contributed by atoms with van der Waals surface area (Å²) in [6.45, 7) is 1.99. The fraction of sp³-hybridized carbons (Fsp3) is 0.462. The van der Waals surface area contributed by atoms with E-state index in [1.807, 2.05) is 12.1 Å². The minimum Gasteiger partial charge on any atom is -0.478 e. The average Bonchev–Trinajstić information content (AvgIpc) is 2.38. The number of hydrogen-bond acceptors (Lipinski definition) is 4. The van der Waals surface area contributed by atoms with E-state index in [9.17, 15) is 4.79 Å².